The Labute approximate surface area is 164 Å². The van der Waals surface area contributed by atoms with E-state index in [1.165, 1.54) is 109 Å². The molecule has 0 atom stereocenters. The van der Waals surface area contributed by atoms with Gasteiger partial charge in [-0.05, 0) is 37.5 Å². The molecule has 0 aromatic heterocycles. The van der Waals surface area contributed by atoms with Crippen molar-refractivity contribution < 1.29 is 4.79 Å². The predicted octanol–water partition coefficient (Wildman–Crippen LogP) is 8.39. The van der Waals surface area contributed by atoms with Crippen LogP contribution < -0.4 is 0 Å². The summed E-state index contributed by atoms with van der Waals surface area (Å²) in [5, 5.41) is 0. The highest BCUT2D eigenvalue weighted by molar-refractivity contribution is 5.32. The molecule has 0 unspecified atom stereocenters. The summed E-state index contributed by atoms with van der Waals surface area (Å²) in [6.07, 6.45) is 26.3. The minimum atomic E-state index is 0.654. The number of isocyanates is 1. The maximum atomic E-state index is 9.99. The van der Waals surface area contributed by atoms with Crippen LogP contribution in [0, 0.1) is 5.41 Å². The van der Waals surface area contributed by atoms with E-state index in [1.807, 2.05) is 0 Å². The standard InChI is InChI=1S/C24H47NO/c1-4-7-18-24(19-8-5-2,20-9-6-3)21-16-14-12-10-11-13-15-17-22-25-23-26/h4-22H2,1-3H3. The molecule has 0 fully saturated rings. The molecular formula is C24H47NO. The Morgan fingerprint density at radius 2 is 0.962 bits per heavy atom. The summed E-state index contributed by atoms with van der Waals surface area (Å²) in [5.41, 5.74) is 0.654. The van der Waals surface area contributed by atoms with E-state index >= 15 is 0 Å². The molecule has 0 bridgehead atoms. The first-order valence-corrected chi connectivity index (χ1v) is 11.8. The smallest absolute Gasteiger partial charge is 0.211 e. The summed E-state index contributed by atoms with van der Waals surface area (Å²) in [6.45, 7) is 7.69. The van der Waals surface area contributed by atoms with Crippen molar-refractivity contribution >= 4 is 6.08 Å². The summed E-state index contributed by atoms with van der Waals surface area (Å²) in [7, 11) is 0. The summed E-state index contributed by atoms with van der Waals surface area (Å²) in [4.78, 5) is 13.6. The van der Waals surface area contributed by atoms with E-state index in [9.17, 15) is 4.79 Å². The van der Waals surface area contributed by atoms with Gasteiger partial charge in [-0.25, -0.2) is 9.79 Å². The fourth-order valence-electron chi connectivity index (χ4n) is 4.20. The molecule has 0 amide bonds. The van der Waals surface area contributed by atoms with Crippen molar-refractivity contribution in [2.45, 2.75) is 136 Å². The fraction of sp³-hybridized carbons (Fsp3) is 0.958. The Hall–Kier alpha value is -0.620. The van der Waals surface area contributed by atoms with Crippen molar-refractivity contribution in [3.63, 3.8) is 0 Å². The molecule has 0 saturated heterocycles. The Morgan fingerprint density at radius 1 is 0.577 bits per heavy atom. The van der Waals surface area contributed by atoms with Crippen molar-refractivity contribution in [3.05, 3.63) is 0 Å². The summed E-state index contributed by atoms with van der Waals surface area (Å²) in [5.74, 6) is 0. The van der Waals surface area contributed by atoms with Crippen LogP contribution in [0.1, 0.15) is 136 Å². The molecular weight excluding hydrogens is 318 g/mol. The largest absolute Gasteiger partial charge is 0.234 e. The molecule has 0 aliphatic rings. The van der Waals surface area contributed by atoms with Crippen LogP contribution in [0.4, 0.5) is 0 Å². The lowest BCUT2D eigenvalue weighted by Crippen LogP contribution is -2.21. The first-order chi connectivity index (χ1) is 12.7. The third-order valence-corrected chi connectivity index (χ3v) is 5.97. The number of hydrogen-bond acceptors (Lipinski definition) is 2. The third kappa shape index (κ3) is 14.5. The summed E-state index contributed by atoms with van der Waals surface area (Å²) in [6, 6.07) is 0. The summed E-state index contributed by atoms with van der Waals surface area (Å²) < 4.78 is 0. The maximum Gasteiger partial charge on any atom is 0.234 e. The predicted molar refractivity (Wildman–Crippen MR) is 116 cm³/mol. The SMILES string of the molecule is CCCCC(CCCC)(CCCC)CCCCCCCCCCN=C=O. The van der Waals surface area contributed by atoms with Crippen molar-refractivity contribution in [3.8, 4) is 0 Å². The molecule has 0 saturated carbocycles. The zero-order valence-corrected chi connectivity index (χ0v) is 18.3. The first kappa shape index (κ1) is 25.4. The van der Waals surface area contributed by atoms with Crippen LogP contribution in [-0.2, 0) is 4.79 Å². The Kier molecular flexibility index (Phi) is 18.7. The van der Waals surface area contributed by atoms with Crippen LogP contribution in [-0.4, -0.2) is 12.6 Å². The molecule has 2 heteroatoms. The van der Waals surface area contributed by atoms with Crippen molar-refractivity contribution in [2.24, 2.45) is 10.4 Å². The highest BCUT2D eigenvalue weighted by Crippen LogP contribution is 2.41. The molecule has 0 aromatic carbocycles. The Bertz CT molecular complexity index is 311. The van der Waals surface area contributed by atoms with E-state index in [0.29, 0.717) is 12.0 Å². The van der Waals surface area contributed by atoms with Gasteiger partial charge in [0.1, 0.15) is 0 Å². The van der Waals surface area contributed by atoms with E-state index < -0.39 is 0 Å². The van der Waals surface area contributed by atoms with Crippen LogP contribution in [0.25, 0.3) is 0 Å². The lowest BCUT2D eigenvalue weighted by molar-refractivity contribution is 0.175. The monoisotopic (exact) mass is 365 g/mol. The topological polar surface area (TPSA) is 29.4 Å². The van der Waals surface area contributed by atoms with Gasteiger partial charge in [0.15, 0.2) is 0 Å². The van der Waals surface area contributed by atoms with Crippen LogP contribution in [0.5, 0.6) is 0 Å². The molecule has 0 aliphatic carbocycles. The number of hydrogen-bond donors (Lipinski definition) is 0. The molecule has 0 heterocycles. The highest BCUT2D eigenvalue weighted by atomic mass is 16.1. The first-order valence-electron chi connectivity index (χ1n) is 11.8. The quantitative estimate of drug-likeness (QED) is 0.121. The van der Waals surface area contributed by atoms with E-state index in [-0.39, 0.29) is 0 Å². The van der Waals surface area contributed by atoms with Crippen LogP contribution >= 0.6 is 0 Å². The van der Waals surface area contributed by atoms with Gasteiger partial charge in [0, 0.05) is 0 Å². The van der Waals surface area contributed by atoms with Crippen molar-refractivity contribution in [1.82, 2.24) is 0 Å². The Morgan fingerprint density at radius 3 is 1.38 bits per heavy atom. The van der Waals surface area contributed by atoms with Gasteiger partial charge in [0.05, 0.1) is 6.54 Å². The van der Waals surface area contributed by atoms with Gasteiger partial charge in [-0.2, -0.15) is 0 Å². The number of carbonyl (C=O) groups excluding carboxylic acids is 1. The molecule has 2 nitrogen and oxygen atoms in total. The molecule has 0 N–H and O–H groups in total. The van der Waals surface area contributed by atoms with E-state index in [0.717, 1.165) is 6.42 Å². The average molecular weight is 366 g/mol. The molecule has 0 radical (unpaired) electrons. The zero-order valence-electron chi connectivity index (χ0n) is 18.3. The molecule has 0 aliphatic heterocycles. The summed E-state index contributed by atoms with van der Waals surface area (Å²) >= 11 is 0. The van der Waals surface area contributed by atoms with E-state index in [4.69, 9.17) is 0 Å². The molecule has 26 heavy (non-hydrogen) atoms. The lowest BCUT2D eigenvalue weighted by Gasteiger charge is -2.35. The normalized spacial score (nSPS) is 11.5. The Balaban J connectivity index is 4.00. The molecule has 0 aromatic rings. The second-order valence-electron chi connectivity index (χ2n) is 8.36. The van der Waals surface area contributed by atoms with E-state index in [2.05, 4.69) is 25.8 Å². The maximum absolute atomic E-state index is 9.99. The van der Waals surface area contributed by atoms with E-state index in [1.54, 1.807) is 6.08 Å². The number of nitrogens with zero attached hydrogens (tertiary/aromatic N) is 1. The second kappa shape index (κ2) is 19.2. The zero-order chi connectivity index (χ0) is 19.3. The lowest BCUT2D eigenvalue weighted by atomic mass is 9.71. The molecule has 154 valence electrons. The van der Waals surface area contributed by atoms with Gasteiger partial charge in [0.2, 0.25) is 6.08 Å². The fourth-order valence-corrected chi connectivity index (χ4v) is 4.20. The van der Waals surface area contributed by atoms with Crippen LogP contribution in [0.3, 0.4) is 0 Å². The minimum Gasteiger partial charge on any atom is -0.211 e. The number of aliphatic imine (C=N–C) groups is 1. The van der Waals surface area contributed by atoms with Crippen molar-refractivity contribution in [2.75, 3.05) is 6.54 Å². The van der Waals surface area contributed by atoms with Crippen LogP contribution in [0.2, 0.25) is 0 Å². The number of unbranched alkanes of at least 4 members (excludes halogenated alkanes) is 10. The van der Waals surface area contributed by atoms with Gasteiger partial charge in [-0.1, -0.05) is 104 Å². The number of rotatable bonds is 20. The van der Waals surface area contributed by atoms with Crippen LogP contribution in [0.15, 0.2) is 4.99 Å². The third-order valence-electron chi connectivity index (χ3n) is 5.97. The van der Waals surface area contributed by atoms with Gasteiger partial charge >= 0.3 is 0 Å². The average Bonchev–Trinajstić information content (AvgIpc) is 2.66. The second-order valence-corrected chi connectivity index (χ2v) is 8.36. The van der Waals surface area contributed by atoms with Gasteiger partial charge < -0.3 is 0 Å². The van der Waals surface area contributed by atoms with Gasteiger partial charge in [-0.3, -0.25) is 0 Å². The van der Waals surface area contributed by atoms with Gasteiger partial charge in [-0.15, -0.1) is 0 Å². The van der Waals surface area contributed by atoms with Crippen molar-refractivity contribution in [1.29, 1.82) is 0 Å². The minimum absolute atomic E-state index is 0.654. The molecule has 0 rings (SSSR count). The molecule has 0 spiro atoms. The van der Waals surface area contributed by atoms with Gasteiger partial charge in [0.25, 0.3) is 0 Å². The highest BCUT2D eigenvalue weighted by Gasteiger charge is 2.27.